The number of ketones is 1. The highest BCUT2D eigenvalue weighted by Crippen LogP contribution is 2.19. The Labute approximate surface area is 143 Å². The van der Waals surface area contributed by atoms with Crippen molar-refractivity contribution in [3.63, 3.8) is 0 Å². The monoisotopic (exact) mass is 347 g/mol. The molecule has 0 bridgehead atoms. The lowest BCUT2D eigenvalue weighted by atomic mass is 10.1. The van der Waals surface area contributed by atoms with Crippen molar-refractivity contribution < 1.29 is 19.1 Å². The number of carbonyl (C=O) groups excluding carboxylic acids is 2. The smallest absolute Gasteiger partial charge is 0.343 e. The van der Waals surface area contributed by atoms with Crippen LogP contribution in [-0.4, -0.2) is 41.2 Å². The Morgan fingerprint density at radius 1 is 1.25 bits per heavy atom. The van der Waals surface area contributed by atoms with Crippen molar-refractivity contribution in [3.05, 3.63) is 41.6 Å². The Balaban J connectivity index is 1.99. The van der Waals surface area contributed by atoms with Crippen LogP contribution in [0.4, 0.5) is 5.82 Å². The molecule has 0 atom stereocenters. The minimum absolute atomic E-state index is 0.0304. The minimum Gasteiger partial charge on any atom is -0.497 e. The van der Waals surface area contributed by atoms with Gasteiger partial charge in [0.2, 0.25) is 0 Å². The van der Waals surface area contributed by atoms with Crippen LogP contribution in [0.2, 0.25) is 0 Å². The van der Waals surface area contributed by atoms with Gasteiger partial charge in [0.05, 0.1) is 19.5 Å². The number of nitrogens with two attached hydrogens (primary N) is 1. The summed E-state index contributed by atoms with van der Waals surface area (Å²) in [5, 5.41) is 0.322. The fourth-order valence-electron chi connectivity index (χ4n) is 1.80. The highest BCUT2D eigenvalue weighted by molar-refractivity contribution is 7.99. The van der Waals surface area contributed by atoms with Crippen LogP contribution >= 0.6 is 11.8 Å². The van der Waals surface area contributed by atoms with Crippen LogP contribution in [0.15, 0.2) is 35.6 Å². The van der Waals surface area contributed by atoms with Gasteiger partial charge in [0.15, 0.2) is 10.9 Å². The van der Waals surface area contributed by atoms with Gasteiger partial charge >= 0.3 is 5.97 Å². The van der Waals surface area contributed by atoms with Crippen LogP contribution in [0.5, 0.6) is 5.75 Å². The van der Waals surface area contributed by atoms with Gasteiger partial charge in [0, 0.05) is 11.8 Å². The summed E-state index contributed by atoms with van der Waals surface area (Å²) in [6, 6.07) is 6.84. The summed E-state index contributed by atoms with van der Waals surface area (Å²) < 4.78 is 9.90. The molecule has 7 nitrogen and oxygen atoms in total. The lowest BCUT2D eigenvalue weighted by molar-refractivity contribution is 0.0526. The summed E-state index contributed by atoms with van der Waals surface area (Å²) in [6.45, 7) is 1.94. The number of esters is 1. The molecule has 1 aromatic carbocycles. The third-order valence-corrected chi connectivity index (χ3v) is 3.90. The molecule has 0 saturated carbocycles. The number of hydrogen-bond acceptors (Lipinski definition) is 8. The summed E-state index contributed by atoms with van der Waals surface area (Å²) in [4.78, 5) is 31.8. The van der Waals surface area contributed by atoms with Crippen LogP contribution in [-0.2, 0) is 4.74 Å². The lowest BCUT2D eigenvalue weighted by Crippen LogP contribution is -2.11. The predicted molar refractivity (Wildman–Crippen MR) is 90.4 cm³/mol. The number of Topliss-reactive ketones (excluding diaryl/α,β-unsaturated/α-hetero) is 1. The number of aromatic nitrogens is 2. The maximum Gasteiger partial charge on any atom is 0.343 e. The Bertz CT molecular complexity index is 735. The van der Waals surface area contributed by atoms with E-state index in [-0.39, 0.29) is 29.5 Å². The molecular weight excluding hydrogens is 330 g/mol. The molecule has 2 rings (SSSR count). The van der Waals surface area contributed by atoms with Crippen LogP contribution < -0.4 is 10.5 Å². The highest BCUT2D eigenvalue weighted by atomic mass is 32.2. The van der Waals surface area contributed by atoms with E-state index < -0.39 is 5.97 Å². The number of methoxy groups -OCH3 is 1. The molecule has 1 aromatic heterocycles. The van der Waals surface area contributed by atoms with E-state index in [9.17, 15) is 9.59 Å². The number of thioether (sulfide) groups is 1. The standard InChI is InChI=1S/C16H17N3O4S/c1-3-23-15(21)12-8-18-16(19-14(12)17)24-9-13(20)10-4-6-11(22-2)7-5-10/h4-8H,3,9H2,1-2H3,(H2,17,18,19). The van der Waals surface area contributed by atoms with Crippen LogP contribution in [0.3, 0.4) is 0 Å². The molecule has 8 heteroatoms. The second-order valence-corrected chi connectivity index (χ2v) is 5.55. The van der Waals surface area contributed by atoms with E-state index in [2.05, 4.69) is 9.97 Å². The quantitative estimate of drug-likeness (QED) is 0.352. The van der Waals surface area contributed by atoms with Crippen molar-refractivity contribution in [2.75, 3.05) is 25.2 Å². The third-order valence-electron chi connectivity index (χ3n) is 3.04. The van der Waals surface area contributed by atoms with Gasteiger partial charge in [0.25, 0.3) is 0 Å². The average molecular weight is 347 g/mol. The summed E-state index contributed by atoms with van der Waals surface area (Å²) in [7, 11) is 1.56. The van der Waals surface area contributed by atoms with Crippen molar-refractivity contribution in [2.45, 2.75) is 12.1 Å². The largest absolute Gasteiger partial charge is 0.497 e. The van der Waals surface area contributed by atoms with E-state index in [0.717, 1.165) is 11.8 Å². The van der Waals surface area contributed by atoms with E-state index in [4.69, 9.17) is 15.2 Å². The SMILES string of the molecule is CCOC(=O)c1cnc(SCC(=O)c2ccc(OC)cc2)nc1N. The molecular formula is C16H17N3O4S. The lowest BCUT2D eigenvalue weighted by Gasteiger charge is -2.06. The fourth-order valence-corrected chi connectivity index (χ4v) is 2.52. The maximum atomic E-state index is 12.1. The first kappa shape index (κ1) is 17.7. The molecule has 0 spiro atoms. The topological polar surface area (TPSA) is 104 Å². The van der Waals surface area contributed by atoms with Gasteiger partial charge in [0.1, 0.15) is 17.1 Å². The minimum atomic E-state index is -0.569. The second-order valence-electron chi connectivity index (χ2n) is 4.61. The van der Waals surface area contributed by atoms with Gasteiger partial charge in [-0.2, -0.15) is 0 Å². The molecule has 0 aliphatic carbocycles. The number of carbonyl (C=O) groups is 2. The molecule has 126 valence electrons. The number of hydrogen-bond donors (Lipinski definition) is 1. The number of rotatable bonds is 7. The Kier molecular flexibility index (Phi) is 6.14. The maximum absolute atomic E-state index is 12.1. The number of nitrogens with zero attached hydrogens (tertiary/aromatic N) is 2. The first-order chi connectivity index (χ1) is 11.5. The van der Waals surface area contributed by atoms with Crippen molar-refractivity contribution in [1.29, 1.82) is 0 Å². The van der Waals surface area contributed by atoms with E-state index in [1.807, 2.05) is 0 Å². The summed E-state index contributed by atoms with van der Waals surface area (Å²) in [5.74, 6) is 0.234. The molecule has 24 heavy (non-hydrogen) atoms. The zero-order valence-corrected chi connectivity index (χ0v) is 14.1. The van der Waals surface area contributed by atoms with Crippen molar-refractivity contribution >= 4 is 29.3 Å². The summed E-state index contributed by atoms with van der Waals surface area (Å²) in [6.07, 6.45) is 1.31. The van der Waals surface area contributed by atoms with E-state index in [1.54, 1.807) is 38.3 Å². The van der Waals surface area contributed by atoms with Crippen LogP contribution in [0.25, 0.3) is 0 Å². The Hall–Kier alpha value is -2.61. The van der Waals surface area contributed by atoms with Gasteiger partial charge in [-0.05, 0) is 31.2 Å². The molecule has 1 heterocycles. The van der Waals surface area contributed by atoms with Gasteiger partial charge in [-0.25, -0.2) is 14.8 Å². The molecule has 2 aromatic rings. The Morgan fingerprint density at radius 3 is 2.54 bits per heavy atom. The number of anilines is 1. The van der Waals surface area contributed by atoms with E-state index >= 15 is 0 Å². The normalized spacial score (nSPS) is 10.2. The summed E-state index contributed by atoms with van der Waals surface area (Å²) >= 11 is 1.15. The van der Waals surface area contributed by atoms with Gasteiger partial charge in [-0.15, -0.1) is 0 Å². The highest BCUT2D eigenvalue weighted by Gasteiger charge is 2.15. The van der Waals surface area contributed by atoms with E-state index in [1.165, 1.54) is 6.20 Å². The van der Waals surface area contributed by atoms with Crippen LogP contribution in [0.1, 0.15) is 27.6 Å². The zero-order chi connectivity index (χ0) is 17.5. The Morgan fingerprint density at radius 2 is 1.96 bits per heavy atom. The molecule has 0 amide bonds. The third kappa shape index (κ3) is 4.45. The van der Waals surface area contributed by atoms with Gasteiger partial charge < -0.3 is 15.2 Å². The van der Waals surface area contributed by atoms with Crippen molar-refractivity contribution in [1.82, 2.24) is 9.97 Å². The molecule has 0 aliphatic heterocycles. The number of ether oxygens (including phenoxy) is 2. The van der Waals surface area contributed by atoms with Crippen LogP contribution in [0, 0.1) is 0 Å². The number of benzene rings is 1. The van der Waals surface area contributed by atoms with E-state index in [0.29, 0.717) is 16.5 Å². The predicted octanol–water partition coefficient (Wildman–Crippen LogP) is 2.22. The van der Waals surface area contributed by atoms with Gasteiger partial charge in [-0.1, -0.05) is 11.8 Å². The molecule has 0 aliphatic rings. The average Bonchev–Trinajstić information content (AvgIpc) is 2.60. The first-order valence-electron chi connectivity index (χ1n) is 7.14. The molecule has 0 unspecified atom stereocenters. The molecule has 0 saturated heterocycles. The van der Waals surface area contributed by atoms with Crippen molar-refractivity contribution in [2.24, 2.45) is 0 Å². The fraction of sp³-hybridized carbons (Fsp3) is 0.250. The molecule has 2 N–H and O–H groups in total. The molecule has 0 radical (unpaired) electrons. The molecule has 0 fully saturated rings. The second kappa shape index (κ2) is 8.30. The number of nitrogen functional groups attached to an aromatic ring is 1. The van der Waals surface area contributed by atoms with Crippen molar-refractivity contribution in [3.8, 4) is 5.75 Å². The zero-order valence-electron chi connectivity index (χ0n) is 13.3. The summed E-state index contributed by atoms with van der Waals surface area (Å²) in [5.41, 5.74) is 6.42. The van der Waals surface area contributed by atoms with Gasteiger partial charge in [-0.3, -0.25) is 4.79 Å². The first-order valence-corrected chi connectivity index (χ1v) is 8.13.